The molecule has 1 aromatic carbocycles. The number of Topliss-reactive ketones (excluding diaryl/α,β-unsaturated/α-hetero) is 1. The Morgan fingerprint density at radius 1 is 1.19 bits per heavy atom. The maximum absolute atomic E-state index is 12.4. The Bertz CT molecular complexity index is 577. The van der Waals surface area contributed by atoms with Crippen molar-refractivity contribution < 1.29 is 9.59 Å². The van der Waals surface area contributed by atoms with Crippen molar-refractivity contribution in [2.45, 2.75) is 33.1 Å². The maximum atomic E-state index is 12.4. The number of hydrogen-bond acceptors (Lipinski definition) is 2. The topological polar surface area (TPSA) is 34.1 Å². The largest absolute Gasteiger partial charge is 0.289 e. The zero-order chi connectivity index (χ0) is 15.8. The predicted molar refractivity (Wildman–Crippen MR) is 87.9 cm³/mol. The number of benzene rings is 1. The van der Waals surface area contributed by atoms with Crippen molar-refractivity contribution in [1.29, 1.82) is 0 Å². The minimum Gasteiger partial charge on any atom is -0.289 e. The standard InChI is InChI=1S/C19H22O2/c1-5-7-13-16(15-11-9-8-10-12-15)18(17(20)6-2)19(21)14(3)4/h6,8-12H,2-3,5,7,13H2,1,4H3. The smallest absolute Gasteiger partial charge is 0.192 e. The van der Waals surface area contributed by atoms with Gasteiger partial charge in [0.15, 0.2) is 11.6 Å². The van der Waals surface area contributed by atoms with Crippen molar-refractivity contribution >= 4 is 17.1 Å². The molecule has 0 aliphatic rings. The molecule has 110 valence electrons. The number of carbonyl (C=O) groups is 2. The molecule has 2 nitrogen and oxygen atoms in total. The Hall–Kier alpha value is -2.22. The summed E-state index contributed by atoms with van der Waals surface area (Å²) in [6, 6.07) is 9.57. The highest BCUT2D eigenvalue weighted by Gasteiger charge is 2.22. The minimum absolute atomic E-state index is 0.206. The molecule has 0 saturated carbocycles. The summed E-state index contributed by atoms with van der Waals surface area (Å²) in [5.41, 5.74) is 2.27. The van der Waals surface area contributed by atoms with Crippen LogP contribution < -0.4 is 0 Å². The Morgan fingerprint density at radius 2 is 1.81 bits per heavy atom. The van der Waals surface area contributed by atoms with Crippen LogP contribution in [0.15, 0.2) is 60.7 Å². The number of hydrogen-bond donors (Lipinski definition) is 0. The number of ketones is 2. The Morgan fingerprint density at radius 3 is 2.29 bits per heavy atom. The molecule has 0 saturated heterocycles. The van der Waals surface area contributed by atoms with Gasteiger partial charge in [-0.25, -0.2) is 0 Å². The van der Waals surface area contributed by atoms with Crippen LogP contribution in [0.1, 0.15) is 38.7 Å². The van der Waals surface area contributed by atoms with Crippen molar-refractivity contribution in [1.82, 2.24) is 0 Å². The predicted octanol–water partition coefficient (Wildman–Crippen LogP) is 4.53. The lowest BCUT2D eigenvalue weighted by atomic mass is 9.89. The van der Waals surface area contributed by atoms with E-state index < -0.39 is 0 Å². The average molecular weight is 282 g/mol. The van der Waals surface area contributed by atoms with Gasteiger partial charge in [-0.05, 0) is 42.6 Å². The second-order valence-electron chi connectivity index (χ2n) is 5.00. The first-order valence-electron chi connectivity index (χ1n) is 7.18. The van der Waals surface area contributed by atoms with Gasteiger partial charge < -0.3 is 0 Å². The molecule has 21 heavy (non-hydrogen) atoms. The molecule has 2 heteroatoms. The van der Waals surface area contributed by atoms with Crippen molar-refractivity contribution in [2.24, 2.45) is 0 Å². The number of unbranched alkanes of at least 4 members (excludes halogenated alkanes) is 1. The van der Waals surface area contributed by atoms with Crippen LogP contribution in [-0.2, 0) is 9.59 Å². The third-order valence-corrected chi connectivity index (χ3v) is 3.25. The average Bonchev–Trinajstić information content (AvgIpc) is 2.50. The van der Waals surface area contributed by atoms with Crippen LogP contribution >= 0.6 is 0 Å². The molecule has 0 radical (unpaired) electrons. The molecule has 0 bridgehead atoms. The highest BCUT2D eigenvalue weighted by molar-refractivity contribution is 6.32. The van der Waals surface area contributed by atoms with Gasteiger partial charge in [-0.1, -0.05) is 56.8 Å². The Balaban J connectivity index is 3.51. The van der Waals surface area contributed by atoms with Gasteiger partial charge in [-0.15, -0.1) is 0 Å². The van der Waals surface area contributed by atoms with Gasteiger partial charge in [-0.3, -0.25) is 9.59 Å². The second kappa shape index (κ2) is 8.15. The van der Waals surface area contributed by atoms with Gasteiger partial charge >= 0.3 is 0 Å². The quantitative estimate of drug-likeness (QED) is 0.399. The van der Waals surface area contributed by atoms with Crippen molar-refractivity contribution in [3.05, 3.63) is 66.3 Å². The van der Waals surface area contributed by atoms with Crippen LogP contribution in [-0.4, -0.2) is 11.6 Å². The number of allylic oxidation sites excluding steroid dienone is 4. The lowest BCUT2D eigenvalue weighted by Gasteiger charge is -2.13. The summed E-state index contributed by atoms with van der Waals surface area (Å²) in [6.45, 7) is 10.9. The van der Waals surface area contributed by atoms with Crippen LogP contribution in [0.5, 0.6) is 0 Å². The van der Waals surface area contributed by atoms with E-state index in [0.717, 1.165) is 24.0 Å². The molecule has 1 aromatic rings. The zero-order valence-corrected chi connectivity index (χ0v) is 12.8. The maximum Gasteiger partial charge on any atom is 0.192 e. The van der Waals surface area contributed by atoms with E-state index in [2.05, 4.69) is 20.1 Å². The van der Waals surface area contributed by atoms with E-state index in [-0.39, 0.29) is 17.1 Å². The summed E-state index contributed by atoms with van der Waals surface area (Å²) in [5, 5.41) is 0. The van der Waals surface area contributed by atoms with Gasteiger partial charge in [0.25, 0.3) is 0 Å². The van der Waals surface area contributed by atoms with E-state index in [1.165, 1.54) is 6.08 Å². The van der Waals surface area contributed by atoms with Gasteiger partial charge in [0.2, 0.25) is 0 Å². The van der Waals surface area contributed by atoms with Crippen molar-refractivity contribution in [3.63, 3.8) is 0 Å². The van der Waals surface area contributed by atoms with Gasteiger partial charge in [-0.2, -0.15) is 0 Å². The normalized spacial score (nSPS) is 11.5. The fourth-order valence-corrected chi connectivity index (χ4v) is 2.12. The highest BCUT2D eigenvalue weighted by Crippen LogP contribution is 2.27. The van der Waals surface area contributed by atoms with Crippen LogP contribution in [0, 0.1) is 0 Å². The molecule has 0 unspecified atom stereocenters. The monoisotopic (exact) mass is 282 g/mol. The zero-order valence-electron chi connectivity index (χ0n) is 12.8. The first-order valence-corrected chi connectivity index (χ1v) is 7.18. The molecule has 0 aromatic heterocycles. The summed E-state index contributed by atoms with van der Waals surface area (Å²) < 4.78 is 0. The van der Waals surface area contributed by atoms with Gasteiger partial charge in [0.1, 0.15) is 0 Å². The first-order chi connectivity index (χ1) is 10.0. The molecular weight excluding hydrogens is 260 g/mol. The summed E-state index contributed by atoms with van der Waals surface area (Å²) in [5.74, 6) is -0.632. The molecule has 0 spiro atoms. The van der Waals surface area contributed by atoms with Crippen LogP contribution in [0.25, 0.3) is 5.57 Å². The molecule has 0 aliphatic carbocycles. The van der Waals surface area contributed by atoms with Crippen molar-refractivity contribution in [3.8, 4) is 0 Å². The molecule has 0 aliphatic heterocycles. The highest BCUT2D eigenvalue weighted by atomic mass is 16.1. The third kappa shape index (κ3) is 4.38. The molecular formula is C19H22O2. The molecule has 0 N–H and O–H groups in total. The van der Waals surface area contributed by atoms with Crippen LogP contribution in [0.3, 0.4) is 0 Å². The van der Waals surface area contributed by atoms with Gasteiger partial charge in [0.05, 0.1) is 5.57 Å². The minimum atomic E-state index is -0.335. The second-order valence-corrected chi connectivity index (χ2v) is 5.00. The molecule has 0 fully saturated rings. The van der Waals surface area contributed by atoms with Crippen LogP contribution in [0.2, 0.25) is 0 Å². The fourth-order valence-electron chi connectivity index (χ4n) is 2.12. The molecule has 1 rings (SSSR count). The summed E-state index contributed by atoms with van der Waals surface area (Å²) in [7, 11) is 0. The van der Waals surface area contributed by atoms with E-state index in [4.69, 9.17) is 0 Å². The summed E-state index contributed by atoms with van der Waals surface area (Å²) in [6.07, 6.45) is 3.80. The Labute approximate surface area is 126 Å². The van der Waals surface area contributed by atoms with Crippen molar-refractivity contribution in [2.75, 3.05) is 0 Å². The first kappa shape index (κ1) is 16.8. The van der Waals surface area contributed by atoms with E-state index in [0.29, 0.717) is 12.0 Å². The fraction of sp³-hybridized carbons (Fsp3) is 0.263. The lowest BCUT2D eigenvalue weighted by molar-refractivity contribution is -0.117. The van der Waals surface area contributed by atoms with Gasteiger partial charge in [0, 0.05) is 0 Å². The molecule has 0 heterocycles. The molecule has 0 amide bonds. The number of carbonyl (C=O) groups excluding carboxylic acids is 2. The summed E-state index contributed by atoms with van der Waals surface area (Å²) >= 11 is 0. The van der Waals surface area contributed by atoms with Crippen LogP contribution in [0.4, 0.5) is 0 Å². The summed E-state index contributed by atoms with van der Waals surface area (Å²) in [4.78, 5) is 24.6. The van der Waals surface area contributed by atoms with E-state index in [1.54, 1.807) is 6.92 Å². The third-order valence-electron chi connectivity index (χ3n) is 3.25. The lowest BCUT2D eigenvalue weighted by Crippen LogP contribution is -2.14. The SMILES string of the molecule is C=CC(=O)C(C(=O)C(=C)C)=C(CCCC)c1ccccc1. The van der Waals surface area contributed by atoms with E-state index in [9.17, 15) is 9.59 Å². The Kier molecular flexibility index (Phi) is 6.54. The number of rotatable bonds is 8. The van der Waals surface area contributed by atoms with E-state index >= 15 is 0 Å². The molecule has 0 atom stereocenters. The van der Waals surface area contributed by atoms with E-state index in [1.807, 2.05) is 30.3 Å².